The Morgan fingerprint density at radius 1 is 1.24 bits per heavy atom. The second-order valence-corrected chi connectivity index (χ2v) is 4.85. The van der Waals surface area contributed by atoms with Crippen molar-refractivity contribution in [3.8, 4) is 0 Å². The van der Waals surface area contributed by atoms with Gasteiger partial charge in [0.15, 0.2) is 12.4 Å². The third-order valence-corrected chi connectivity index (χ3v) is 3.08. The minimum atomic E-state index is -4.98. The number of benzene rings is 1. The fourth-order valence-electron chi connectivity index (χ4n) is 1.79. The highest BCUT2D eigenvalue weighted by atomic mass is 19.4. The Labute approximate surface area is 139 Å². The van der Waals surface area contributed by atoms with E-state index >= 15 is 0 Å². The number of rotatable bonds is 6. The van der Waals surface area contributed by atoms with Crippen LogP contribution in [0.2, 0.25) is 0 Å². The molecule has 5 N–H and O–H groups in total. The van der Waals surface area contributed by atoms with E-state index < -0.39 is 52.9 Å². The van der Waals surface area contributed by atoms with Crippen LogP contribution in [0.15, 0.2) is 29.6 Å². The van der Waals surface area contributed by atoms with Gasteiger partial charge in [-0.2, -0.15) is 13.2 Å². The number of ketones is 1. The van der Waals surface area contributed by atoms with Crippen molar-refractivity contribution in [2.75, 3.05) is 6.61 Å². The number of halogens is 4. The molecule has 1 rings (SSSR count). The van der Waals surface area contributed by atoms with E-state index in [2.05, 4.69) is 4.74 Å². The highest BCUT2D eigenvalue weighted by molar-refractivity contribution is 6.19. The van der Waals surface area contributed by atoms with Crippen LogP contribution in [0.4, 0.5) is 17.6 Å². The highest BCUT2D eigenvalue weighted by Gasteiger charge is 2.34. The van der Waals surface area contributed by atoms with Gasteiger partial charge in [-0.25, -0.2) is 9.18 Å². The lowest BCUT2D eigenvalue weighted by atomic mass is 10.1. The molecule has 6 nitrogen and oxygen atoms in total. The molecule has 136 valence electrons. The molecule has 0 radical (unpaired) electrons. The van der Waals surface area contributed by atoms with E-state index in [1.54, 1.807) is 6.92 Å². The van der Waals surface area contributed by atoms with E-state index in [0.29, 0.717) is 12.1 Å². The number of nitrogens with one attached hydrogen (secondary N) is 1. The van der Waals surface area contributed by atoms with Gasteiger partial charge in [-0.3, -0.25) is 4.79 Å². The molecule has 1 aromatic rings. The van der Waals surface area contributed by atoms with Crippen molar-refractivity contribution in [3.63, 3.8) is 0 Å². The monoisotopic (exact) mass is 361 g/mol. The van der Waals surface area contributed by atoms with Crippen molar-refractivity contribution in [2.24, 2.45) is 11.5 Å². The molecule has 0 saturated carbocycles. The maximum absolute atomic E-state index is 13.2. The first-order chi connectivity index (χ1) is 11.5. The van der Waals surface area contributed by atoms with Crippen molar-refractivity contribution in [2.45, 2.75) is 19.5 Å². The fraction of sp³-hybridized carbons (Fsp3) is 0.267. The van der Waals surface area contributed by atoms with Crippen LogP contribution in [-0.2, 0) is 15.7 Å². The van der Waals surface area contributed by atoms with Crippen molar-refractivity contribution < 1.29 is 31.9 Å². The summed E-state index contributed by atoms with van der Waals surface area (Å²) in [5.41, 5.74) is 7.82. The molecule has 0 fully saturated rings. The summed E-state index contributed by atoms with van der Waals surface area (Å²) in [6, 6.07) is 1.66. The van der Waals surface area contributed by atoms with Crippen LogP contribution in [-0.4, -0.2) is 24.1 Å². The van der Waals surface area contributed by atoms with Gasteiger partial charge in [0.1, 0.15) is 17.2 Å². The molecule has 0 unspecified atom stereocenters. The molecule has 0 atom stereocenters. The largest absolute Gasteiger partial charge is 0.454 e. The summed E-state index contributed by atoms with van der Waals surface area (Å²) >= 11 is 0. The molecule has 1 aromatic carbocycles. The predicted octanol–water partition coefficient (Wildman–Crippen LogP) is 2.13. The number of hydrogen-bond donors (Lipinski definition) is 3. The first-order valence-electron chi connectivity index (χ1n) is 6.89. The maximum Gasteiger partial charge on any atom is 0.419 e. The zero-order chi connectivity index (χ0) is 19.4. The summed E-state index contributed by atoms with van der Waals surface area (Å²) in [6.07, 6.45) is -4.86. The molecular weight excluding hydrogens is 346 g/mol. The zero-order valence-electron chi connectivity index (χ0n) is 13.0. The van der Waals surface area contributed by atoms with Gasteiger partial charge in [-0.1, -0.05) is 6.92 Å². The molecule has 0 bridgehead atoms. The molecule has 0 aliphatic heterocycles. The summed E-state index contributed by atoms with van der Waals surface area (Å²) in [4.78, 5) is 23.7. The quantitative estimate of drug-likeness (QED) is 0.236. The number of carbonyl (C=O) groups is 2. The Bertz CT molecular complexity index is 738. The normalized spacial score (nSPS) is 10.9. The molecule has 10 heteroatoms. The minimum absolute atomic E-state index is 0.114. The van der Waals surface area contributed by atoms with Gasteiger partial charge in [0, 0.05) is 11.3 Å². The molecule has 25 heavy (non-hydrogen) atoms. The summed E-state index contributed by atoms with van der Waals surface area (Å²) in [7, 11) is 0. The van der Waals surface area contributed by atoms with Crippen molar-refractivity contribution in [1.29, 1.82) is 5.41 Å². The Kier molecular flexibility index (Phi) is 6.26. The van der Waals surface area contributed by atoms with Crippen LogP contribution in [0.25, 0.3) is 0 Å². The lowest BCUT2D eigenvalue weighted by molar-refractivity contribution is -0.140. The highest BCUT2D eigenvalue weighted by Crippen LogP contribution is 2.32. The zero-order valence-corrected chi connectivity index (χ0v) is 13.0. The first kappa shape index (κ1) is 20.1. The Balaban J connectivity index is 2.93. The van der Waals surface area contributed by atoms with Crippen molar-refractivity contribution >= 4 is 17.5 Å². The Morgan fingerprint density at radius 3 is 2.32 bits per heavy atom. The van der Waals surface area contributed by atoms with Crippen LogP contribution in [0, 0.1) is 11.2 Å². The van der Waals surface area contributed by atoms with Gasteiger partial charge >= 0.3 is 12.1 Å². The molecule has 0 saturated heterocycles. The van der Waals surface area contributed by atoms with E-state index in [9.17, 15) is 27.2 Å². The van der Waals surface area contributed by atoms with E-state index in [-0.39, 0.29) is 12.1 Å². The Hall–Kier alpha value is -2.91. The molecule has 0 aliphatic carbocycles. The fourth-order valence-corrected chi connectivity index (χ4v) is 1.79. The molecule has 0 amide bonds. The molecule has 0 spiro atoms. The number of nitrogens with two attached hydrogens (primary N) is 2. The van der Waals surface area contributed by atoms with Crippen LogP contribution < -0.4 is 11.5 Å². The summed E-state index contributed by atoms with van der Waals surface area (Å²) < 4.78 is 55.7. The smallest absolute Gasteiger partial charge is 0.419 e. The SMILES string of the molecule is CCC(=N)C(C(=O)OCC(=O)c1ccc(F)c(C(F)(F)F)c1)=C(N)N. The topological polar surface area (TPSA) is 119 Å². The van der Waals surface area contributed by atoms with Crippen molar-refractivity contribution in [1.82, 2.24) is 0 Å². The summed E-state index contributed by atoms with van der Waals surface area (Å²) in [6.45, 7) is 0.635. The van der Waals surface area contributed by atoms with Gasteiger partial charge in [-0.05, 0) is 24.6 Å². The van der Waals surface area contributed by atoms with E-state index in [4.69, 9.17) is 16.9 Å². The van der Waals surface area contributed by atoms with Crippen LogP contribution >= 0.6 is 0 Å². The lowest BCUT2D eigenvalue weighted by Crippen LogP contribution is -2.26. The minimum Gasteiger partial charge on any atom is -0.454 e. The Morgan fingerprint density at radius 2 is 1.84 bits per heavy atom. The van der Waals surface area contributed by atoms with Gasteiger partial charge in [0.05, 0.1) is 5.56 Å². The van der Waals surface area contributed by atoms with Gasteiger partial charge < -0.3 is 21.6 Å². The molecule has 0 heterocycles. The van der Waals surface area contributed by atoms with Gasteiger partial charge in [-0.15, -0.1) is 0 Å². The predicted molar refractivity (Wildman–Crippen MR) is 80.1 cm³/mol. The number of Topliss-reactive ketones (excluding diaryl/α,β-unsaturated/α-hetero) is 1. The molecule has 0 aliphatic rings. The number of esters is 1. The van der Waals surface area contributed by atoms with E-state index in [1.807, 2.05) is 0 Å². The average molecular weight is 361 g/mol. The maximum atomic E-state index is 13.2. The summed E-state index contributed by atoms with van der Waals surface area (Å²) in [5.74, 6) is -4.15. The van der Waals surface area contributed by atoms with Crippen LogP contribution in [0.1, 0.15) is 29.3 Å². The lowest BCUT2D eigenvalue weighted by Gasteiger charge is -2.11. The van der Waals surface area contributed by atoms with Gasteiger partial charge in [0.25, 0.3) is 0 Å². The van der Waals surface area contributed by atoms with Crippen LogP contribution in [0.5, 0.6) is 0 Å². The third kappa shape index (κ3) is 5.03. The van der Waals surface area contributed by atoms with Crippen molar-refractivity contribution in [3.05, 3.63) is 46.5 Å². The standard InChI is InChI=1S/C15H15F4N3O3/c1-2-10(20)12(13(21)22)14(24)25-6-11(23)7-3-4-9(16)8(5-7)15(17,18)19/h3-5,20H,2,6,21-22H2,1H3. The molecular formula is C15H15F4N3O3. The van der Waals surface area contributed by atoms with Gasteiger partial charge in [0.2, 0.25) is 0 Å². The third-order valence-electron chi connectivity index (χ3n) is 3.08. The molecule has 0 aromatic heterocycles. The summed E-state index contributed by atoms with van der Waals surface area (Å²) in [5, 5.41) is 7.56. The van der Waals surface area contributed by atoms with E-state index in [0.717, 1.165) is 6.07 Å². The number of ether oxygens (including phenoxy) is 1. The second-order valence-electron chi connectivity index (χ2n) is 4.85. The van der Waals surface area contributed by atoms with E-state index in [1.165, 1.54) is 0 Å². The second kappa shape index (κ2) is 7.77. The number of alkyl halides is 3. The first-order valence-corrected chi connectivity index (χ1v) is 6.89. The number of carbonyl (C=O) groups excluding carboxylic acids is 2. The van der Waals surface area contributed by atoms with Crippen LogP contribution in [0.3, 0.4) is 0 Å². The number of hydrogen-bond acceptors (Lipinski definition) is 6. The average Bonchev–Trinajstić information content (AvgIpc) is 2.51.